The van der Waals surface area contributed by atoms with Gasteiger partial charge in [-0.15, -0.1) is 0 Å². The van der Waals surface area contributed by atoms with E-state index in [1.165, 1.54) is 18.6 Å². The Morgan fingerprint density at radius 1 is 1.18 bits per heavy atom. The van der Waals surface area contributed by atoms with Crippen molar-refractivity contribution < 1.29 is 9.53 Å². The summed E-state index contributed by atoms with van der Waals surface area (Å²) in [4.78, 5) is 11.3. The summed E-state index contributed by atoms with van der Waals surface area (Å²) in [6, 6.07) is 0. The van der Waals surface area contributed by atoms with Crippen molar-refractivity contribution in [1.82, 2.24) is 10.6 Å². The van der Waals surface area contributed by atoms with Crippen molar-refractivity contribution in [2.24, 2.45) is 0 Å². The average molecular weight is 262 g/mol. The first-order valence-corrected chi connectivity index (χ1v) is 7.66. The molecule has 0 saturated heterocycles. The summed E-state index contributed by atoms with van der Waals surface area (Å²) in [6.07, 6.45) is 6.66. The molecule has 0 aliphatic heterocycles. The number of hydrogen-bond acceptors (Lipinski definition) is 4. The van der Waals surface area contributed by atoms with Crippen molar-refractivity contribution in [2.75, 3.05) is 45.4 Å². The lowest BCUT2D eigenvalue weighted by Crippen LogP contribution is -2.35. The van der Waals surface area contributed by atoms with Crippen molar-refractivity contribution in [3.63, 3.8) is 0 Å². The SMILES string of the molecule is COCCCNC(=O)CNCCCCCSC. The third kappa shape index (κ3) is 13.7. The summed E-state index contributed by atoms with van der Waals surface area (Å²) in [5.41, 5.74) is 0. The lowest BCUT2D eigenvalue weighted by atomic mass is 10.2. The van der Waals surface area contributed by atoms with Crippen LogP contribution >= 0.6 is 11.8 Å². The molecular formula is C12H26N2O2S. The van der Waals surface area contributed by atoms with Crippen LogP contribution in [0.4, 0.5) is 0 Å². The number of nitrogens with one attached hydrogen (secondary N) is 2. The average Bonchev–Trinajstić information content (AvgIpc) is 2.33. The van der Waals surface area contributed by atoms with E-state index in [9.17, 15) is 4.79 Å². The van der Waals surface area contributed by atoms with Gasteiger partial charge in [0.15, 0.2) is 0 Å². The molecule has 0 radical (unpaired) electrons. The van der Waals surface area contributed by atoms with Gasteiger partial charge in [-0.3, -0.25) is 4.79 Å². The van der Waals surface area contributed by atoms with Gasteiger partial charge in [0.2, 0.25) is 5.91 Å². The van der Waals surface area contributed by atoms with Gasteiger partial charge in [-0.05, 0) is 37.8 Å². The zero-order valence-corrected chi connectivity index (χ0v) is 11.9. The van der Waals surface area contributed by atoms with Crippen LogP contribution in [0.25, 0.3) is 0 Å². The first kappa shape index (κ1) is 16.7. The van der Waals surface area contributed by atoms with E-state index >= 15 is 0 Å². The Morgan fingerprint density at radius 2 is 2.00 bits per heavy atom. The van der Waals surface area contributed by atoms with Crippen molar-refractivity contribution in [1.29, 1.82) is 0 Å². The van der Waals surface area contributed by atoms with Gasteiger partial charge < -0.3 is 15.4 Å². The molecule has 0 rings (SSSR count). The number of hydrogen-bond donors (Lipinski definition) is 2. The third-order valence-electron chi connectivity index (χ3n) is 2.33. The van der Waals surface area contributed by atoms with Crippen molar-refractivity contribution >= 4 is 17.7 Å². The number of carbonyl (C=O) groups excluding carboxylic acids is 1. The minimum absolute atomic E-state index is 0.0743. The molecule has 0 aromatic heterocycles. The Labute approximate surface area is 109 Å². The van der Waals surface area contributed by atoms with Gasteiger partial charge in [0.05, 0.1) is 6.54 Å². The van der Waals surface area contributed by atoms with Crippen LogP contribution in [-0.4, -0.2) is 51.3 Å². The lowest BCUT2D eigenvalue weighted by molar-refractivity contribution is -0.120. The number of ether oxygens (including phenoxy) is 1. The first-order chi connectivity index (χ1) is 8.31. The topological polar surface area (TPSA) is 50.4 Å². The molecule has 0 fully saturated rings. The Kier molecular flexibility index (Phi) is 13.6. The fraction of sp³-hybridized carbons (Fsp3) is 0.917. The Morgan fingerprint density at radius 3 is 2.71 bits per heavy atom. The van der Waals surface area contributed by atoms with Crippen LogP contribution in [0.2, 0.25) is 0 Å². The Balaban J connectivity index is 3.11. The predicted octanol–water partition coefficient (Wildman–Crippen LogP) is 1.26. The molecule has 5 heteroatoms. The summed E-state index contributed by atoms with van der Waals surface area (Å²) in [5, 5.41) is 6.00. The second kappa shape index (κ2) is 13.8. The Hall–Kier alpha value is -0.260. The number of unbranched alkanes of at least 4 members (excludes halogenated alkanes) is 2. The van der Waals surface area contributed by atoms with Gasteiger partial charge in [0.25, 0.3) is 0 Å². The highest BCUT2D eigenvalue weighted by molar-refractivity contribution is 7.98. The molecule has 0 atom stereocenters. The largest absolute Gasteiger partial charge is 0.385 e. The minimum Gasteiger partial charge on any atom is -0.385 e. The molecule has 0 aliphatic rings. The molecule has 0 spiro atoms. The fourth-order valence-electron chi connectivity index (χ4n) is 1.38. The van der Waals surface area contributed by atoms with E-state index < -0.39 is 0 Å². The molecule has 2 N–H and O–H groups in total. The van der Waals surface area contributed by atoms with Crippen molar-refractivity contribution in [3.05, 3.63) is 0 Å². The van der Waals surface area contributed by atoms with E-state index in [-0.39, 0.29) is 5.91 Å². The lowest BCUT2D eigenvalue weighted by Gasteiger charge is -2.06. The van der Waals surface area contributed by atoms with Gasteiger partial charge >= 0.3 is 0 Å². The number of amides is 1. The maximum absolute atomic E-state index is 11.3. The second-order valence-electron chi connectivity index (χ2n) is 3.93. The van der Waals surface area contributed by atoms with Crippen molar-refractivity contribution in [2.45, 2.75) is 25.7 Å². The molecule has 0 heterocycles. The molecule has 0 bridgehead atoms. The fourth-order valence-corrected chi connectivity index (χ4v) is 1.87. The number of thioether (sulfide) groups is 1. The first-order valence-electron chi connectivity index (χ1n) is 6.26. The van der Waals surface area contributed by atoms with Gasteiger partial charge in [0.1, 0.15) is 0 Å². The summed E-state index contributed by atoms with van der Waals surface area (Å²) < 4.78 is 4.90. The van der Waals surface area contributed by atoms with E-state index in [0.29, 0.717) is 19.7 Å². The smallest absolute Gasteiger partial charge is 0.233 e. The van der Waals surface area contributed by atoms with E-state index in [2.05, 4.69) is 16.9 Å². The van der Waals surface area contributed by atoms with Crippen LogP contribution in [0.15, 0.2) is 0 Å². The molecule has 0 unspecified atom stereocenters. The molecule has 102 valence electrons. The van der Waals surface area contributed by atoms with Crippen LogP contribution in [0.5, 0.6) is 0 Å². The molecular weight excluding hydrogens is 236 g/mol. The van der Waals surface area contributed by atoms with Gasteiger partial charge in [-0.1, -0.05) is 6.42 Å². The maximum Gasteiger partial charge on any atom is 0.233 e. The van der Waals surface area contributed by atoms with E-state index in [1.807, 2.05) is 11.8 Å². The summed E-state index contributed by atoms with van der Waals surface area (Å²) >= 11 is 1.89. The van der Waals surface area contributed by atoms with Crippen LogP contribution in [0.3, 0.4) is 0 Å². The van der Waals surface area contributed by atoms with Crippen LogP contribution in [-0.2, 0) is 9.53 Å². The second-order valence-corrected chi connectivity index (χ2v) is 4.91. The minimum atomic E-state index is 0.0743. The van der Waals surface area contributed by atoms with Gasteiger partial charge in [0, 0.05) is 20.3 Å². The highest BCUT2D eigenvalue weighted by Gasteiger charge is 1.98. The summed E-state index contributed by atoms with van der Waals surface area (Å²) in [7, 11) is 1.67. The number of carbonyl (C=O) groups is 1. The summed E-state index contributed by atoms with van der Waals surface area (Å²) in [6.45, 7) is 2.75. The molecule has 0 aromatic carbocycles. The third-order valence-corrected chi connectivity index (χ3v) is 3.03. The van der Waals surface area contributed by atoms with Gasteiger partial charge in [-0.25, -0.2) is 0 Å². The molecule has 0 aromatic rings. The zero-order valence-electron chi connectivity index (χ0n) is 11.1. The normalized spacial score (nSPS) is 10.5. The maximum atomic E-state index is 11.3. The Bertz CT molecular complexity index is 180. The standard InChI is InChI=1S/C12H26N2O2S/c1-16-9-6-8-14-12(15)11-13-7-4-3-5-10-17-2/h13H,3-11H2,1-2H3,(H,14,15). The quantitative estimate of drug-likeness (QED) is 0.520. The highest BCUT2D eigenvalue weighted by Crippen LogP contribution is 2.00. The van der Waals surface area contributed by atoms with Crippen LogP contribution in [0.1, 0.15) is 25.7 Å². The molecule has 4 nitrogen and oxygen atoms in total. The summed E-state index contributed by atoms with van der Waals surface area (Å²) in [5.74, 6) is 1.31. The van der Waals surface area contributed by atoms with Crippen LogP contribution in [0, 0.1) is 0 Å². The van der Waals surface area contributed by atoms with Crippen molar-refractivity contribution in [3.8, 4) is 0 Å². The van der Waals surface area contributed by atoms with E-state index in [1.54, 1.807) is 7.11 Å². The molecule has 0 saturated carbocycles. The number of methoxy groups -OCH3 is 1. The van der Waals surface area contributed by atoms with E-state index in [4.69, 9.17) is 4.74 Å². The molecule has 0 aliphatic carbocycles. The highest BCUT2D eigenvalue weighted by atomic mass is 32.2. The number of rotatable bonds is 12. The predicted molar refractivity (Wildman–Crippen MR) is 74.6 cm³/mol. The van der Waals surface area contributed by atoms with Crippen LogP contribution < -0.4 is 10.6 Å². The van der Waals surface area contributed by atoms with Gasteiger partial charge in [-0.2, -0.15) is 11.8 Å². The monoisotopic (exact) mass is 262 g/mol. The van der Waals surface area contributed by atoms with E-state index in [0.717, 1.165) is 19.4 Å². The zero-order chi connectivity index (χ0) is 12.8. The molecule has 1 amide bonds. The molecule has 17 heavy (non-hydrogen) atoms.